The number of unbranched alkanes of at least 4 members (excludes halogenated alkanes) is 43. The van der Waals surface area contributed by atoms with Crippen LogP contribution in [0.2, 0.25) is 0 Å². The number of hydrogen-bond acceptors (Lipinski definition) is 5. The summed E-state index contributed by atoms with van der Waals surface area (Å²) < 4.78 is 5.47. The Kier molecular flexibility index (Phi) is 63.0. The monoisotopic (exact) mass is 1060 g/mol. The van der Waals surface area contributed by atoms with Crippen molar-refractivity contribution in [1.82, 2.24) is 5.32 Å². The molecule has 2 unspecified atom stereocenters. The second-order valence-corrected chi connectivity index (χ2v) is 22.8. The van der Waals surface area contributed by atoms with Gasteiger partial charge in [0.2, 0.25) is 5.91 Å². The van der Waals surface area contributed by atoms with E-state index in [0.29, 0.717) is 19.4 Å². The van der Waals surface area contributed by atoms with Crippen molar-refractivity contribution < 1.29 is 24.5 Å². The summed E-state index contributed by atoms with van der Waals surface area (Å²) in [6.07, 6.45) is 85.7. The fraction of sp³-hybridized carbons (Fsp3) is 0.829. The zero-order valence-corrected chi connectivity index (χ0v) is 50.7. The van der Waals surface area contributed by atoms with E-state index in [1.807, 2.05) is 6.08 Å². The predicted octanol–water partition coefficient (Wildman–Crippen LogP) is 21.5. The van der Waals surface area contributed by atoms with E-state index in [1.54, 1.807) is 6.08 Å². The van der Waals surface area contributed by atoms with Crippen LogP contribution in [0, 0.1) is 0 Å². The lowest BCUT2D eigenvalue weighted by Crippen LogP contribution is -2.45. The third kappa shape index (κ3) is 60.8. The topological polar surface area (TPSA) is 95.9 Å². The summed E-state index contributed by atoms with van der Waals surface area (Å²) in [5.41, 5.74) is 0. The van der Waals surface area contributed by atoms with Crippen LogP contribution in [0.5, 0.6) is 0 Å². The molecule has 0 aliphatic heterocycles. The number of allylic oxidation sites excluding steroid dienone is 9. The van der Waals surface area contributed by atoms with Gasteiger partial charge in [-0.2, -0.15) is 0 Å². The Morgan fingerprint density at radius 2 is 0.684 bits per heavy atom. The lowest BCUT2D eigenvalue weighted by atomic mass is 10.0. The van der Waals surface area contributed by atoms with Crippen LogP contribution >= 0.6 is 0 Å². The highest BCUT2D eigenvalue weighted by Gasteiger charge is 2.18. The van der Waals surface area contributed by atoms with Gasteiger partial charge in [-0.25, -0.2) is 0 Å². The third-order valence-corrected chi connectivity index (χ3v) is 15.2. The standard InChI is InChI=1S/C70H129NO5/c1-3-5-7-9-11-13-15-17-35-39-42-46-50-54-58-62-68(73)67(66-72)71-69(74)63-59-55-51-47-43-40-36-33-31-29-27-25-23-21-19-18-20-22-24-26-28-30-32-34-37-41-45-49-53-57-61-65-76-70(75)64-60-56-52-48-44-38-16-14-12-10-8-6-4-2/h8,10,14,16,20,22,26,28,58,62,67-68,72-73H,3-7,9,11-13,15,17-19,21,23-25,27,29-57,59-61,63-66H2,1-2H3,(H,71,74)/b10-8-,16-14-,22-20-,28-26-,62-58+. The molecular formula is C70H129NO5. The van der Waals surface area contributed by atoms with Gasteiger partial charge in [0.15, 0.2) is 0 Å². The lowest BCUT2D eigenvalue weighted by Gasteiger charge is -2.20. The molecule has 0 fully saturated rings. The van der Waals surface area contributed by atoms with E-state index in [1.165, 1.54) is 263 Å². The van der Waals surface area contributed by atoms with E-state index >= 15 is 0 Å². The molecule has 0 heterocycles. The van der Waals surface area contributed by atoms with Crippen LogP contribution in [0.25, 0.3) is 0 Å². The normalized spacial score (nSPS) is 12.9. The van der Waals surface area contributed by atoms with E-state index in [4.69, 9.17) is 4.74 Å². The van der Waals surface area contributed by atoms with Crippen LogP contribution in [0.1, 0.15) is 348 Å². The Balaban J connectivity index is 3.42. The van der Waals surface area contributed by atoms with Crippen LogP contribution in [-0.2, 0) is 14.3 Å². The van der Waals surface area contributed by atoms with Gasteiger partial charge in [0.25, 0.3) is 0 Å². The molecule has 6 heteroatoms. The molecule has 3 N–H and O–H groups in total. The van der Waals surface area contributed by atoms with E-state index < -0.39 is 12.1 Å². The minimum absolute atomic E-state index is 0.00295. The quantitative estimate of drug-likeness (QED) is 0.0320. The average molecular weight is 1060 g/mol. The van der Waals surface area contributed by atoms with Crippen molar-refractivity contribution in [3.63, 3.8) is 0 Å². The number of nitrogens with one attached hydrogen (secondary N) is 1. The first-order valence-electron chi connectivity index (χ1n) is 33.6. The number of hydrogen-bond donors (Lipinski definition) is 3. The minimum Gasteiger partial charge on any atom is -0.466 e. The first kappa shape index (κ1) is 73.6. The number of amides is 1. The summed E-state index contributed by atoms with van der Waals surface area (Å²) >= 11 is 0. The van der Waals surface area contributed by atoms with Gasteiger partial charge in [0.05, 0.1) is 25.4 Å². The van der Waals surface area contributed by atoms with Crippen molar-refractivity contribution in [2.75, 3.05) is 13.2 Å². The van der Waals surface area contributed by atoms with E-state index in [9.17, 15) is 19.8 Å². The predicted molar refractivity (Wildman–Crippen MR) is 333 cm³/mol. The van der Waals surface area contributed by atoms with Crippen molar-refractivity contribution >= 4 is 11.9 Å². The third-order valence-electron chi connectivity index (χ3n) is 15.2. The molecule has 0 spiro atoms. The molecule has 0 aliphatic rings. The van der Waals surface area contributed by atoms with Crippen LogP contribution in [0.4, 0.5) is 0 Å². The van der Waals surface area contributed by atoms with Crippen LogP contribution in [-0.4, -0.2) is 47.4 Å². The molecule has 6 nitrogen and oxygen atoms in total. The zero-order chi connectivity index (χ0) is 55.0. The molecule has 0 aromatic rings. The van der Waals surface area contributed by atoms with Crippen molar-refractivity contribution in [2.24, 2.45) is 0 Å². The van der Waals surface area contributed by atoms with Crippen LogP contribution in [0.3, 0.4) is 0 Å². The number of ether oxygens (including phenoxy) is 1. The van der Waals surface area contributed by atoms with E-state index in [2.05, 4.69) is 67.8 Å². The fourth-order valence-corrected chi connectivity index (χ4v) is 10.1. The molecule has 0 bridgehead atoms. The molecule has 0 radical (unpaired) electrons. The summed E-state index contributed by atoms with van der Waals surface area (Å²) in [4.78, 5) is 24.5. The summed E-state index contributed by atoms with van der Waals surface area (Å²) in [5, 5.41) is 23.1. The van der Waals surface area contributed by atoms with E-state index in [-0.39, 0.29) is 18.5 Å². The number of aliphatic hydroxyl groups is 2. The molecule has 0 rings (SSSR count). The van der Waals surface area contributed by atoms with Crippen LogP contribution in [0.15, 0.2) is 60.8 Å². The second-order valence-electron chi connectivity index (χ2n) is 22.8. The maximum atomic E-state index is 12.5. The van der Waals surface area contributed by atoms with Crippen LogP contribution < -0.4 is 5.32 Å². The Bertz CT molecular complexity index is 1320. The molecule has 0 saturated carbocycles. The average Bonchev–Trinajstić information content (AvgIpc) is 3.42. The highest BCUT2D eigenvalue weighted by molar-refractivity contribution is 5.76. The van der Waals surface area contributed by atoms with Gasteiger partial charge < -0.3 is 20.3 Å². The first-order chi connectivity index (χ1) is 37.5. The number of esters is 1. The van der Waals surface area contributed by atoms with E-state index in [0.717, 1.165) is 57.8 Å². The smallest absolute Gasteiger partial charge is 0.305 e. The molecular weight excluding hydrogens is 935 g/mol. The van der Waals surface area contributed by atoms with Gasteiger partial charge >= 0.3 is 5.97 Å². The molecule has 76 heavy (non-hydrogen) atoms. The fourth-order valence-electron chi connectivity index (χ4n) is 10.1. The number of carbonyl (C=O) groups is 2. The maximum absolute atomic E-state index is 12.5. The second kappa shape index (κ2) is 65.1. The zero-order valence-electron chi connectivity index (χ0n) is 50.7. The van der Waals surface area contributed by atoms with Gasteiger partial charge in [-0.1, -0.05) is 306 Å². The summed E-state index contributed by atoms with van der Waals surface area (Å²) in [6.45, 7) is 4.84. The number of rotatable bonds is 62. The van der Waals surface area contributed by atoms with Crippen molar-refractivity contribution in [1.29, 1.82) is 0 Å². The molecule has 444 valence electrons. The Hall–Kier alpha value is -2.44. The Morgan fingerprint density at radius 3 is 1.05 bits per heavy atom. The highest BCUT2D eigenvalue weighted by atomic mass is 16.5. The maximum Gasteiger partial charge on any atom is 0.305 e. The van der Waals surface area contributed by atoms with Gasteiger partial charge in [-0.15, -0.1) is 0 Å². The van der Waals surface area contributed by atoms with Gasteiger partial charge in [0, 0.05) is 12.8 Å². The first-order valence-corrected chi connectivity index (χ1v) is 33.6. The minimum atomic E-state index is -0.845. The number of carbonyl (C=O) groups excluding carboxylic acids is 2. The Morgan fingerprint density at radius 1 is 0.368 bits per heavy atom. The largest absolute Gasteiger partial charge is 0.466 e. The summed E-state index contributed by atoms with van der Waals surface area (Å²) in [5.74, 6) is -0.0694. The van der Waals surface area contributed by atoms with Crippen molar-refractivity contribution in [3.05, 3.63) is 60.8 Å². The molecule has 0 saturated heterocycles. The highest BCUT2D eigenvalue weighted by Crippen LogP contribution is 2.17. The van der Waals surface area contributed by atoms with Gasteiger partial charge in [-0.3, -0.25) is 9.59 Å². The molecule has 0 aromatic heterocycles. The van der Waals surface area contributed by atoms with Crippen molar-refractivity contribution in [3.8, 4) is 0 Å². The van der Waals surface area contributed by atoms with Crippen molar-refractivity contribution in [2.45, 2.75) is 360 Å². The van der Waals surface area contributed by atoms with Gasteiger partial charge in [0.1, 0.15) is 0 Å². The SMILES string of the molecule is CCC/C=C\C/C=C\CCCCCCCC(=O)OCCCCCCCCCCC/C=C\C/C=C\CCCCCCCCCCCCCCCCCC(=O)NC(CO)C(O)/C=C/CCCCCCCCCCCCCCC. The molecule has 0 aliphatic carbocycles. The summed E-state index contributed by atoms with van der Waals surface area (Å²) in [6, 6.07) is -0.628. The van der Waals surface area contributed by atoms with Gasteiger partial charge in [-0.05, 0) is 89.9 Å². The number of aliphatic hydroxyl groups excluding tert-OH is 2. The molecule has 2 atom stereocenters. The Labute approximate surface area is 473 Å². The molecule has 0 aromatic carbocycles. The lowest BCUT2D eigenvalue weighted by molar-refractivity contribution is -0.143. The molecule has 1 amide bonds. The summed E-state index contributed by atoms with van der Waals surface area (Å²) in [7, 11) is 0.